The van der Waals surface area contributed by atoms with Gasteiger partial charge < -0.3 is 15.0 Å². The zero-order valence-corrected chi connectivity index (χ0v) is 13.8. The molecular weight excluding hydrogens is 276 g/mol. The summed E-state index contributed by atoms with van der Waals surface area (Å²) in [6.45, 7) is 7.13. The van der Waals surface area contributed by atoms with Crippen molar-refractivity contribution >= 4 is 6.09 Å². The van der Waals surface area contributed by atoms with Crippen LogP contribution >= 0.6 is 0 Å². The average Bonchev–Trinajstić information content (AvgIpc) is 2.53. The van der Waals surface area contributed by atoms with Gasteiger partial charge in [0.05, 0.1) is 0 Å². The maximum Gasteiger partial charge on any atom is 0.410 e. The highest BCUT2D eigenvalue weighted by Crippen LogP contribution is 2.15. The minimum Gasteiger partial charge on any atom is -0.442 e. The third kappa shape index (κ3) is 5.68. The van der Waals surface area contributed by atoms with Gasteiger partial charge in [-0.1, -0.05) is 30.3 Å². The Labute approximate surface area is 133 Å². The van der Waals surface area contributed by atoms with E-state index in [9.17, 15) is 4.79 Å². The summed E-state index contributed by atoms with van der Waals surface area (Å²) in [6.07, 6.45) is 4.20. The normalized spacial score (nSPS) is 15.6. The predicted molar refractivity (Wildman–Crippen MR) is 89.0 cm³/mol. The zero-order valence-electron chi connectivity index (χ0n) is 13.8. The Hall–Kier alpha value is -1.55. The SMILES string of the molecule is CC(C)(CNCCc1ccccc1)OC(=O)N1CCCCC1. The van der Waals surface area contributed by atoms with E-state index < -0.39 is 5.60 Å². The molecular formula is C18H28N2O2. The fourth-order valence-electron chi connectivity index (χ4n) is 2.68. The molecule has 0 bridgehead atoms. The van der Waals surface area contributed by atoms with E-state index in [1.54, 1.807) is 0 Å². The van der Waals surface area contributed by atoms with Gasteiger partial charge in [-0.2, -0.15) is 0 Å². The fraction of sp³-hybridized carbons (Fsp3) is 0.611. The Morgan fingerprint density at radius 1 is 1.18 bits per heavy atom. The van der Waals surface area contributed by atoms with Crippen molar-refractivity contribution in [2.45, 2.75) is 45.1 Å². The molecule has 1 amide bonds. The number of nitrogens with zero attached hydrogens (tertiary/aromatic N) is 1. The molecule has 0 saturated carbocycles. The lowest BCUT2D eigenvalue weighted by atomic mass is 10.1. The largest absolute Gasteiger partial charge is 0.442 e. The van der Waals surface area contributed by atoms with E-state index >= 15 is 0 Å². The molecule has 1 aliphatic rings. The highest BCUT2D eigenvalue weighted by Gasteiger charge is 2.26. The standard InChI is InChI=1S/C18H28N2O2/c1-18(2,22-17(21)20-13-7-4-8-14-20)15-19-12-11-16-9-5-3-6-10-16/h3,5-6,9-10,19H,4,7-8,11-15H2,1-2H3. The third-order valence-electron chi connectivity index (χ3n) is 3.96. The lowest BCUT2D eigenvalue weighted by molar-refractivity contribution is 0.0112. The molecule has 0 radical (unpaired) electrons. The van der Waals surface area contributed by atoms with Crippen LogP contribution in [-0.2, 0) is 11.2 Å². The Morgan fingerprint density at radius 3 is 2.55 bits per heavy atom. The highest BCUT2D eigenvalue weighted by atomic mass is 16.6. The quantitative estimate of drug-likeness (QED) is 0.821. The topological polar surface area (TPSA) is 41.6 Å². The van der Waals surface area contributed by atoms with Crippen LogP contribution in [-0.4, -0.2) is 42.8 Å². The van der Waals surface area contributed by atoms with Crippen molar-refractivity contribution in [2.24, 2.45) is 0 Å². The number of carbonyl (C=O) groups is 1. The van der Waals surface area contributed by atoms with E-state index in [0.717, 1.165) is 38.9 Å². The first-order valence-electron chi connectivity index (χ1n) is 8.29. The Balaban J connectivity index is 1.67. The van der Waals surface area contributed by atoms with Crippen LogP contribution in [0.25, 0.3) is 0 Å². The Morgan fingerprint density at radius 2 is 1.86 bits per heavy atom. The highest BCUT2D eigenvalue weighted by molar-refractivity contribution is 5.68. The van der Waals surface area contributed by atoms with Crippen molar-refractivity contribution in [3.05, 3.63) is 35.9 Å². The molecule has 0 aromatic heterocycles. The molecule has 1 aliphatic heterocycles. The van der Waals surface area contributed by atoms with E-state index in [1.807, 2.05) is 24.8 Å². The van der Waals surface area contributed by atoms with Crippen LogP contribution in [0, 0.1) is 0 Å². The molecule has 1 N–H and O–H groups in total. The number of carbonyl (C=O) groups excluding carboxylic acids is 1. The average molecular weight is 304 g/mol. The summed E-state index contributed by atoms with van der Waals surface area (Å²) in [7, 11) is 0. The maximum atomic E-state index is 12.1. The van der Waals surface area contributed by atoms with Gasteiger partial charge in [0.2, 0.25) is 0 Å². The Kier molecular flexibility index (Phi) is 6.25. The first-order chi connectivity index (χ1) is 10.6. The fourth-order valence-corrected chi connectivity index (χ4v) is 2.68. The number of ether oxygens (including phenoxy) is 1. The number of nitrogens with one attached hydrogen (secondary N) is 1. The smallest absolute Gasteiger partial charge is 0.410 e. The molecule has 0 atom stereocenters. The first-order valence-corrected chi connectivity index (χ1v) is 8.29. The second kappa shape index (κ2) is 8.18. The summed E-state index contributed by atoms with van der Waals surface area (Å²) in [6, 6.07) is 10.4. The molecule has 1 saturated heterocycles. The summed E-state index contributed by atoms with van der Waals surface area (Å²) in [4.78, 5) is 14.0. The van der Waals surface area contributed by atoms with Crippen molar-refractivity contribution in [2.75, 3.05) is 26.2 Å². The van der Waals surface area contributed by atoms with Crippen molar-refractivity contribution < 1.29 is 9.53 Å². The van der Waals surface area contributed by atoms with Crippen LogP contribution in [0.3, 0.4) is 0 Å². The predicted octanol–water partition coefficient (Wildman–Crippen LogP) is 3.22. The van der Waals surface area contributed by atoms with Gasteiger partial charge in [0.15, 0.2) is 0 Å². The number of rotatable bonds is 6. The lowest BCUT2D eigenvalue weighted by Crippen LogP contribution is -2.45. The monoisotopic (exact) mass is 304 g/mol. The maximum absolute atomic E-state index is 12.1. The number of hydrogen-bond donors (Lipinski definition) is 1. The van der Waals surface area contributed by atoms with Crippen LogP contribution in [0.2, 0.25) is 0 Å². The first kappa shape index (κ1) is 16.8. The van der Waals surface area contributed by atoms with Gasteiger partial charge >= 0.3 is 6.09 Å². The van der Waals surface area contributed by atoms with E-state index in [4.69, 9.17) is 4.74 Å². The van der Waals surface area contributed by atoms with Gasteiger partial charge in [-0.25, -0.2) is 4.79 Å². The lowest BCUT2D eigenvalue weighted by Gasteiger charge is -2.32. The molecule has 0 unspecified atom stereocenters. The van der Waals surface area contributed by atoms with E-state index in [-0.39, 0.29) is 6.09 Å². The molecule has 2 rings (SSSR count). The van der Waals surface area contributed by atoms with Crippen LogP contribution in [0.4, 0.5) is 4.79 Å². The summed E-state index contributed by atoms with van der Waals surface area (Å²) in [5.74, 6) is 0. The second-order valence-electron chi connectivity index (χ2n) is 6.59. The molecule has 1 aromatic rings. The zero-order chi connectivity index (χ0) is 15.8. The van der Waals surface area contributed by atoms with Gasteiger partial charge in [-0.3, -0.25) is 0 Å². The number of likely N-dealkylation sites (tertiary alicyclic amines) is 1. The Bertz CT molecular complexity index is 453. The third-order valence-corrected chi connectivity index (χ3v) is 3.96. The van der Waals surface area contributed by atoms with E-state index in [0.29, 0.717) is 6.54 Å². The molecule has 0 spiro atoms. The summed E-state index contributed by atoms with van der Waals surface area (Å²) >= 11 is 0. The minimum absolute atomic E-state index is 0.172. The second-order valence-corrected chi connectivity index (χ2v) is 6.59. The molecule has 1 aromatic carbocycles. The van der Waals surface area contributed by atoms with Gasteiger partial charge in [0, 0.05) is 19.6 Å². The number of amides is 1. The van der Waals surface area contributed by atoms with Crippen molar-refractivity contribution in [3.63, 3.8) is 0 Å². The van der Waals surface area contributed by atoms with Gasteiger partial charge in [-0.15, -0.1) is 0 Å². The van der Waals surface area contributed by atoms with Crippen LogP contribution in [0.15, 0.2) is 30.3 Å². The van der Waals surface area contributed by atoms with Crippen molar-refractivity contribution in [3.8, 4) is 0 Å². The minimum atomic E-state index is -0.481. The van der Waals surface area contributed by atoms with Crippen molar-refractivity contribution in [1.29, 1.82) is 0 Å². The van der Waals surface area contributed by atoms with Crippen molar-refractivity contribution in [1.82, 2.24) is 10.2 Å². The van der Waals surface area contributed by atoms with Crippen LogP contribution in [0.1, 0.15) is 38.7 Å². The number of benzene rings is 1. The van der Waals surface area contributed by atoms with E-state index in [1.165, 1.54) is 12.0 Å². The molecule has 1 heterocycles. The van der Waals surface area contributed by atoms with Gasteiger partial charge in [-0.05, 0) is 51.6 Å². The molecule has 4 heteroatoms. The summed E-state index contributed by atoms with van der Waals surface area (Å²) in [5.41, 5.74) is 0.837. The number of piperidine rings is 1. The van der Waals surface area contributed by atoms with Gasteiger partial charge in [0.1, 0.15) is 5.60 Å². The molecule has 22 heavy (non-hydrogen) atoms. The number of hydrogen-bond acceptors (Lipinski definition) is 3. The molecule has 4 nitrogen and oxygen atoms in total. The molecule has 122 valence electrons. The summed E-state index contributed by atoms with van der Waals surface area (Å²) < 4.78 is 5.65. The summed E-state index contributed by atoms with van der Waals surface area (Å²) in [5, 5.41) is 3.39. The van der Waals surface area contributed by atoms with Gasteiger partial charge in [0.25, 0.3) is 0 Å². The van der Waals surface area contributed by atoms with E-state index in [2.05, 4.69) is 29.6 Å². The van der Waals surface area contributed by atoms with Crippen LogP contribution < -0.4 is 5.32 Å². The molecule has 0 aliphatic carbocycles. The molecule has 1 fully saturated rings. The van der Waals surface area contributed by atoms with Crippen LogP contribution in [0.5, 0.6) is 0 Å².